The van der Waals surface area contributed by atoms with Crippen molar-refractivity contribution in [1.29, 1.82) is 0 Å². The summed E-state index contributed by atoms with van der Waals surface area (Å²) in [6.07, 6.45) is 1.83. The van der Waals surface area contributed by atoms with Gasteiger partial charge in [0.25, 0.3) is 11.6 Å². The number of benzene rings is 1. The molecule has 0 atom stereocenters. The minimum Gasteiger partial charge on any atom is -0.451 e. The fourth-order valence-electron chi connectivity index (χ4n) is 2.93. The van der Waals surface area contributed by atoms with Crippen LogP contribution in [-0.2, 0) is 13.0 Å². The average molecular weight is 323 g/mol. The van der Waals surface area contributed by atoms with E-state index in [2.05, 4.69) is 4.98 Å². The molecule has 0 unspecified atom stereocenters. The van der Waals surface area contributed by atoms with Crippen LogP contribution < -0.4 is 0 Å². The molecule has 3 heterocycles. The van der Waals surface area contributed by atoms with Gasteiger partial charge in [-0.05, 0) is 17.7 Å². The molecule has 4 rings (SSSR count). The number of carbonyl (C=O) groups is 1. The number of para-hydroxylation sites is 1. The van der Waals surface area contributed by atoms with Crippen molar-refractivity contribution >= 4 is 22.6 Å². The summed E-state index contributed by atoms with van der Waals surface area (Å²) in [5.74, 6) is 0.0568. The summed E-state index contributed by atoms with van der Waals surface area (Å²) in [5.41, 5.74) is 2.11. The van der Waals surface area contributed by atoms with Crippen LogP contribution in [0.2, 0.25) is 0 Å². The molecule has 120 valence electrons. The van der Waals surface area contributed by atoms with Gasteiger partial charge in [-0.2, -0.15) is 0 Å². The molecule has 1 amide bonds. The van der Waals surface area contributed by atoms with Gasteiger partial charge < -0.3 is 9.32 Å². The standard InChI is InChI=1S/C17H13N3O4/c21-17(16-8-11-3-1-2-4-15(11)24-16)19-6-5-14-12(10-19)7-13(9-18-14)20(22)23/h1-4,7-9H,5-6,10H2. The van der Waals surface area contributed by atoms with Crippen molar-refractivity contribution in [2.75, 3.05) is 6.54 Å². The summed E-state index contributed by atoms with van der Waals surface area (Å²) in [5, 5.41) is 11.8. The number of aromatic nitrogens is 1. The first-order valence-corrected chi connectivity index (χ1v) is 7.52. The van der Waals surface area contributed by atoms with E-state index in [-0.39, 0.29) is 17.4 Å². The minimum absolute atomic E-state index is 0.0632. The van der Waals surface area contributed by atoms with E-state index in [0.717, 1.165) is 11.1 Å². The van der Waals surface area contributed by atoms with Gasteiger partial charge in [-0.1, -0.05) is 18.2 Å². The molecule has 0 spiro atoms. The molecule has 1 aromatic carbocycles. The van der Waals surface area contributed by atoms with Crippen molar-refractivity contribution in [3.05, 3.63) is 69.7 Å². The molecule has 0 bridgehead atoms. The van der Waals surface area contributed by atoms with Crippen LogP contribution in [0.1, 0.15) is 21.8 Å². The molecule has 7 heteroatoms. The third kappa shape index (κ3) is 2.40. The first-order valence-electron chi connectivity index (χ1n) is 7.52. The second kappa shape index (κ2) is 5.45. The number of pyridine rings is 1. The normalized spacial score (nSPS) is 13.8. The number of carbonyl (C=O) groups excluding carboxylic acids is 1. The first kappa shape index (κ1) is 14.4. The fraction of sp³-hybridized carbons (Fsp3) is 0.176. The number of hydrogen-bond acceptors (Lipinski definition) is 5. The monoisotopic (exact) mass is 323 g/mol. The lowest BCUT2D eigenvalue weighted by Crippen LogP contribution is -2.36. The highest BCUT2D eigenvalue weighted by Crippen LogP contribution is 2.25. The highest BCUT2D eigenvalue weighted by molar-refractivity contribution is 5.96. The van der Waals surface area contributed by atoms with Gasteiger partial charge in [0, 0.05) is 36.7 Å². The van der Waals surface area contributed by atoms with E-state index in [1.807, 2.05) is 24.3 Å². The van der Waals surface area contributed by atoms with E-state index in [4.69, 9.17) is 4.42 Å². The Kier molecular flexibility index (Phi) is 3.26. The second-order valence-electron chi connectivity index (χ2n) is 5.68. The molecule has 7 nitrogen and oxygen atoms in total. The molecule has 1 aliphatic rings. The van der Waals surface area contributed by atoms with Gasteiger partial charge in [0.15, 0.2) is 5.76 Å². The molecule has 0 aliphatic carbocycles. The Labute approximate surface area is 136 Å². The number of nitrogens with zero attached hydrogens (tertiary/aromatic N) is 3. The molecular formula is C17H13N3O4. The molecule has 0 saturated heterocycles. The predicted molar refractivity (Wildman–Crippen MR) is 85.5 cm³/mol. The van der Waals surface area contributed by atoms with Crippen molar-refractivity contribution in [1.82, 2.24) is 9.88 Å². The maximum absolute atomic E-state index is 12.7. The van der Waals surface area contributed by atoms with E-state index in [1.54, 1.807) is 11.0 Å². The fourth-order valence-corrected chi connectivity index (χ4v) is 2.93. The lowest BCUT2D eigenvalue weighted by Gasteiger charge is -2.27. The van der Waals surface area contributed by atoms with E-state index in [1.165, 1.54) is 12.3 Å². The van der Waals surface area contributed by atoms with Crippen molar-refractivity contribution in [3.8, 4) is 0 Å². The van der Waals surface area contributed by atoms with Gasteiger partial charge in [0.1, 0.15) is 11.8 Å². The number of nitro groups is 1. The Hall–Kier alpha value is -3.22. The average Bonchev–Trinajstić information content (AvgIpc) is 3.04. The molecule has 0 radical (unpaired) electrons. The Morgan fingerprint density at radius 1 is 1.29 bits per heavy atom. The highest BCUT2D eigenvalue weighted by atomic mass is 16.6. The van der Waals surface area contributed by atoms with Gasteiger partial charge >= 0.3 is 0 Å². The maximum Gasteiger partial charge on any atom is 0.289 e. The van der Waals surface area contributed by atoms with Gasteiger partial charge in [0.05, 0.1) is 4.92 Å². The Balaban J connectivity index is 1.62. The van der Waals surface area contributed by atoms with Gasteiger partial charge in [-0.25, -0.2) is 0 Å². The molecule has 3 aromatic rings. The van der Waals surface area contributed by atoms with E-state index >= 15 is 0 Å². The largest absolute Gasteiger partial charge is 0.451 e. The number of furan rings is 1. The zero-order valence-electron chi connectivity index (χ0n) is 12.6. The summed E-state index contributed by atoms with van der Waals surface area (Å²) in [6, 6.07) is 10.6. The van der Waals surface area contributed by atoms with E-state index < -0.39 is 4.92 Å². The van der Waals surface area contributed by atoms with Crippen molar-refractivity contribution in [3.63, 3.8) is 0 Å². The van der Waals surface area contributed by atoms with Crippen molar-refractivity contribution in [2.24, 2.45) is 0 Å². The summed E-state index contributed by atoms with van der Waals surface area (Å²) >= 11 is 0. The van der Waals surface area contributed by atoms with Crippen molar-refractivity contribution in [2.45, 2.75) is 13.0 Å². The number of fused-ring (bicyclic) bond motifs is 2. The number of rotatable bonds is 2. The number of hydrogen-bond donors (Lipinski definition) is 0. The summed E-state index contributed by atoms with van der Waals surface area (Å²) in [6.45, 7) is 0.799. The van der Waals surface area contributed by atoms with E-state index in [0.29, 0.717) is 30.7 Å². The Morgan fingerprint density at radius 2 is 2.12 bits per heavy atom. The number of amides is 1. The lowest BCUT2D eigenvalue weighted by atomic mass is 10.0. The van der Waals surface area contributed by atoms with E-state index in [9.17, 15) is 14.9 Å². The zero-order chi connectivity index (χ0) is 16.7. The highest BCUT2D eigenvalue weighted by Gasteiger charge is 2.26. The molecular weight excluding hydrogens is 310 g/mol. The third-order valence-electron chi connectivity index (χ3n) is 4.16. The first-order chi connectivity index (χ1) is 11.6. The smallest absolute Gasteiger partial charge is 0.289 e. The van der Waals surface area contributed by atoms with Crippen LogP contribution in [0.5, 0.6) is 0 Å². The topological polar surface area (TPSA) is 89.5 Å². The van der Waals surface area contributed by atoms with Crippen LogP contribution in [-0.4, -0.2) is 27.3 Å². The molecule has 2 aromatic heterocycles. The van der Waals surface area contributed by atoms with Gasteiger partial charge in [-0.15, -0.1) is 0 Å². The van der Waals surface area contributed by atoms with Crippen LogP contribution in [0.15, 0.2) is 47.0 Å². The molecule has 0 N–H and O–H groups in total. The molecule has 0 fully saturated rings. The van der Waals surface area contributed by atoms with Crippen molar-refractivity contribution < 1.29 is 14.1 Å². The summed E-state index contributed by atoms with van der Waals surface area (Å²) in [4.78, 5) is 28.9. The summed E-state index contributed by atoms with van der Waals surface area (Å²) in [7, 11) is 0. The minimum atomic E-state index is -0.479. The van der Waals surface area contributed by atoms with Gasteiger partial charge in [-0.3, -0.25) is 19.9 Å². The molecule has 1 aliphatic heterocycles. The second-order valence-corrected chi connectivity index (χ2v) is 5.68. The third-order valence-corrected chi connectivity index (χ3v) is 4.16. The van der Waals surface area contributed by atoms with Crippen LogP contribution in [0.3, 0.4) is 0 Å². The van der Waals surface area contributed by atoms with Crippen LogP contribution in [0.4, 0.5) is 5.69 Å². The summed E-state index contributed by atoms with van der Waals surface area (Å²) < 4.78 is 5.62. The maximum atomic E-state index is 12.7. The SMILES string of the molecule is O=C(c1cc2ccccc2o1)N1CCc2ncc([N+](=O)[O-])cc2C1. The van der Waals surface area contributed by atoms with Crippen LogP contribution in [0, 0.1) is 10.1 Å². The predicted octanol–water partition coefficient (Wildman–Crippen LogP) is 2.93. The molecule has 24 heavy (non-hydrogen) atoms. The van der Waals surface area contributed by atoms with Gasteiger partial charge in [0.2, 0.25) is 0 Å². The Morgan fingerprint density at radius 3 is 2.92 bits per heavy atom. The Bertz CT molecular complexity index is 930. The van der Waals surface area contributed by atoms with Crippen LogP contribution in [0.25, 0.3) is 11.0 Å². The zero-order valence-corrected chi connectivity index (χ0v) is 12.6. The quantitative estimate of drug-likeness (QED) is 0.534. The molecule has 0 saturated carbocycles. The van der Waals surface area contributed by atoms with Crippen LogP contribution >= 0.6 is 0 Å². The lowest BCUT2D eigenvalue weighted by molar-refractivity contribution is -0.385.